The maximum atomic E-state index is 11.8. The summed E-state index contributed by atoms with van der Waals surface area (Å²) in [7, 11) is 0. The predicted octanol–water partition coefficient (Wildman–Crippen LogP) is 6.03. The number of aliphatic carboxylic acids is 1. The largest absolute Gasteiger partial charge is 0.480 e. The molecule has 0 heterocycles. The molecule has 0 spiro atoms. The van der Waals surface area contributed by atoms with E-state index in [0.717, 1.165) is 32.1 Å². The maximum Gasteiger partial charge on any atom is 0.326 e. The predicted molar refractivity (Wildman–Crippen MR) is 114 cm³/mol. The Morgan fingerprint density at radius 1 is 0.852 bits per heavy atom. The first-order chi connectivity index (χ1) is 13.0. The number of carbonyl (C=O) groups excluding carboxylic acids is 1. The van der Waals surface area contributed by atoms with E-state index >= 15 is 0 Å². The monoisotopic (exact) mass is 379 g/mol. The number of carboxylic acid groups (broad SMARTS) is 1. The number of hydrogen-bond acceptors (Lipinski definition) is 2. The van der Waals surface area contributed by atoms with E-state index in [1.54, 1.807) is 13.8 Å². The number of allylic oxidation sites excluding steroid dienone is 4. The van der Waals surface area contributed by atoms with Crippen molar-refractivity contribution in [1.82, 2.24) is 5.32 Å². The minimum absolute atomic E-state index is 0.101. The molecule has 2 N–H and O–H groups in total. The average Bonchev–Trinajstić information content (AvgIpc) is 2.62. The number of rotatable bonds is 17. The zero-order chi connectivity index (χ0) is 20.3. The summed E-state index contributed by atoms with van der Waals surface area (Å²) in [6, 6.07) is -0.782. The van der Waals surface area contributed by atoms with E-state index in [-0.39, 0.29) is 11.8 Å². The second-order valence-electron chi connectivity index (χ2n) is 7.61. The molecule has 0 aromatic heterocycles. The lowest BCUT2D eigenvalue weighted by Crippen LogP contribution is -2.44. The zero-order valence-electron chi connectivity index (χ0n) is 17.7. The Kier molecular flexibility index (Phi) is 16.8. The minimum Gasteiger partial charge on any atom is -0.480 e. The third kappa shape index (κ3) is 16.3. The molecule has 4 nitrogen and oxygen atoms in total. The van der Waals surface area contributed by atoms with Crippen LogP contribution in [-0.4, -0.2) is 23.0 Å². The molecule has 0 fully saturated rings. The van der Waals surface area contributed by atoms with E-state index in [4.69, 9.17) is 5.11 Å². The Morgan fingerprint density at radius 3 is 1.96 bits per heavy atom. The normalized spacial score (nSPS) is 12.9. The van der Waals surface area contributed by atoms with Gasteiger partial charge in [-0.25, -0.2) is 4.79 Å². The molecule has 156 valence electrons. The number of unbranched alkanes of at least 4 members (excludes halogenated alkanes) is 8. The summed E-state index contributed by atoms with van der Waals surface area (Å²) in [5.74, 6) is -1.21. The van der Waals surface area contributed by atoms with Gasteiger partial charge in [-0.1, -0.05) is 77.2 Å². The van der Waals surface area contributed by atoms with Crippen LogP contribution in [0.5, 0.6) is 0 Å². The van der Waals surface area contributed by atoms with Crippen LogP contribution in [0.4, 0.5) is 0 Å². The zero-order valence-corrected chi connectivity index (χ0v) is 17.7. The van der Waals surface area contributed by atoms with E-state index in [9.17, 15) is 9.59 Å². The van der Waals surface area contributed by atoms with Crippen molar-refractivity contribution in [1.29, 1.82) is 0 Å². The van der Waals surface area contributed by atoms with Crippen molar-refractivity contribution in [2.24, 2.45) is 5.92 Å². The first-order valence-corrected chi connectivity index (χ1v) is 10.8. The molecule has 0 aliphatic carbocycles. The van der Waals surface area contributed by atoms with Crippen LogP contribution in [0, 0.1) is 5.92 Å². The molecule has 0 aromatic rings. The lowest BCUT2D eigenvalue weighted by atomic mass is 10.0. The van der Waals surface area contributed by atoms with Gasteiger partial charge in [0.25, 0.3) is 0 Å². The van der Waals surface area contributed by atoms with Crippen molar-refractivity contribution in [3.05, 3.63) is 24.3 Å². The van der Waals surface area contributed by atoms with Gasteiger partial charge in [0, 0.05) is 6.42 Å². The van der Waals surface area contributed by atoms with Crippen molar-refractivity contribution >= 4 is 11.9 Å². The number of hydrogen-bond donors (Lipinski definition) is 2. The van der Waals surface area contributed by atoms with Gasteiger partial charge < -0.3 is 10.4 Å². The molecule has 0 saturated carbocycles. The fourth-order valence-corrected chi connectivity index (χ4v) is 2.86. The number of carbonyl (C=O) groups is 2. The molecule has 0 aromatic carbocycles. The van der Waals surface area contributed by atoms with Gasteiger partial charge >= 0.3 is 5.97 Å². The van der Waals surface area contributed by atoms with Crippen LogP contribution in [0.2, 0.25) is 0 Å². The van der Waals surface area contributed by atoms with Crippen molar-refractivity contribution in [3.63, 3.8) is 0 Å². The highest BCUT2D eigenvalue weighted by molar-refractivity contribution is 5.83. The quantitative estimate of drug-likeness (QED) is 0.240. The molecule has 0 aliphatic heterocycles. The Balaban J connectivity index is 3.52. The summed E-state index contributed by atoms with van der Waals surface area (Å²) in [5.41, 5.74) is 0. The van der Waals surface area contributed by atoms with Gasteiger partial charge in [-0.2, -0.15) is 0 Å². The van der Waals surface area contributed by atoms with Gasteiger partial charge in [0.05, 0.1) is 0 Å². The number of amides is 1. The van der Waals surface area contributed by atoms with Gasteiger partial charge in [0.1, 0.15) is 6.04 Å². The first-order valence-electron chi connectivity index (χ1n) is 10.8. The summed E-state index contributed by atoms with van der Waals surface area (Å²) < 4.78 is 0. The summed E-state index contributed by atoms with van der Waals surface area (Å²) >= 11 is 0. The Morgan fingerprint density at radius 2 is 1.41 bits per heavy atom. The number of carboxylic acids is 1. The highest BCUT2D eigenvalue weighted by atomic mass is 16.4. The second-order valence-corrected chi connectivity index (χ2v) is 7.61. The van der Waals surface area contributed by atoms with E-state index in [2.05, 4.69) is 36.5 Å². The lowest BCUT2D eigenvalue weighted by molar-refractivity contribution is -0.143. The van der Waals surface area contributed by atoms with Crippen molar-refractivity contribution in [2.45, 2.75) is 104 Å². The molecular weight excluding hydrogens is 338 g/mol. The molecule has 27 heavy (non-hydrogen) atoms. The molecule has 0 bridgehead atoms. The highest BCUT2D eigenvalue weighted by Gasteiger charge is 2.22. The fraction of sp³-hybridized carbons (Fsp3) is 0.739. The fourth-order valence-electron chi connectivity index (χ4n) is 2.86. The average molecular weight is 380 g/mol. The maximum absolute atomic E-state index is 11.8. The van der Waals surface area contributed by atoms with Crippen LogP contribution < -0.4 is 5.32 Å². The van der Waals surface area contributed by atoms with E-state index in [1.807, 2.05) is 0 Å². The van der Waals surface area contributed by atoms with Gasteiger partial charge in [-0.15, -0.1) is 0 Å². The highest BCUT2D eigenvalue weighted by Crippen LogP contribution is 2.09. The van der Waals surface area contributed by atoms with Crippen LogP contribution in [0.3, 0.4) is 0 Å². The van der Waals surface area contributed by atoms with E-state index in [1.165, 1.54) is 38.5 Å². The van der Waals surface area contributed by atoms with Crippen molar-refractivity contribution < 1.29 is 14.7 Å². The third-order valence-corrected chi connectivity index (χ3v) is 4.60. The van der Waals surface area contributed by atoms with E-state index < -0.39 is 12.0 Å². The Labute approximate surface area is 166 Å². The second kappa shape index (κ2) is 17.8. The van der Waals surface area contributed by atoms with Crippen molar-refractivity contribution in [3.8, 4) is 0 Å². The van der Waals surface area contributed by atoms with Crippen LogP contribution in [-0.2, 0) is 9.59 Å². The molecule has 1 atom stereocenters. The summed E-state index contributed by atoms with van der Waals surface area (Å²) in [5, 5.41) is 11.7. The standard InChI is InChI=1S/C23H41NO3/c1-4-5-6-7-8-9-10-11-12-13-14-15-16-17-18-19-21(25)24-22(20(2)3)23(26)27/h8-9,11-12,20,22H,4-7,10,13-19H2,1-3H3,(H,24,25)(H,26,27)/t22-/m0/s1. The lowest BCUT2D eigenvalue weighted by Gasteiger charge is -2.17. The van der Waals surface area contributed by atoms with Crippen molar-refractivity contribution in [2.75, 3.05) is 0 Å². The molecular formula is C23H41NO3. The topological polar surface area (TPSA) is 66.4 Å². The van der Waals surface area contributed by atoms with Gasteiger partial charge in [0.15, 0.2) is 0 Å². The Bertz CT molecular complexity index is 441. The third-order valence-electron chi connectivity index (χ3n) is 4.60. The molecule has 0 unspecified atom stereocenters. The summed E-state index contributed by atoms with van der Waals surface area (Å²) in [6.07, 6.45) is 22.1. The van der Waals surface area contributed by atoms with Crippen LogP contribution >= 0.6 is 0 Å². The molecule has 0 saturated heterocycles. The molecule has 4 heteroatoms. The summed E-state index contributed by atoms with van der Waals surface area (Å²) in [4.78, 5) is 22.9. The Hall–Kier alpha value is -1.58. The molecule has 0 rings (SSSR count). The summed E-state index contributed by atoms with van der Waals surface area (Å²) in [6.45, 7) is 5.84. The van der Waals surface area contributed by atoms with Crippen LogP contribution in [0.25, 0.3) is 0 Å². The van der Waals surface area contributed by atoms with Gasteiger partial charge in [-0.3, -0.25) is 4.79 Å². The van der Waals surface area contributed by atoms with Gasteiger partial charge in [0.2, 0.25) is 5.91 Å². The van der Waals surface area contributed by atoms with E-state index in [0.29, 0.717) is 6.42 Å². The minimum atomic E-state index is -0.960. The molecule has 0 aliphatic rings. The molecule has 1 amide bonds. The molecule has 0 radical (unpaired) electrons. The number of nitrogens with one attached hydrogen (secondary N) is 1. The SMILES string of the molecule is CCCCCC=CCC=CCCCCCCCC(=O)N[C@H](C(=O)O)C(C)C. The van der Waals surface area contributed by atoms with Crippen LogP contribution in [0.1, 0.15) is 97.8 Å². The van der Waals surface area contributed by atoms with Crippen LogP contribution in [0.15, 0.2) is 24.3 Å². The van der Waals surface area contributed by atoms with Gasteiger partial charge in [-0.05, 0) is 44.4 Å². The smallest absolute Gasteiger partial charge is 0.326 e. The first kappa shape index (κ1) is 25.4.